The number of hydrogen-bond donors (Lipinski definition) is 2. The number of nitrogens with zero attached hydrogens (tertiary/aromatic N) is 1. The smallest absolute Gasteiger partial charge is 0.293 e. The summed E-state index contributed by atoms with van der Waals surface area (Å²) in [5, 5.41) is 21.3. The average Bonchev–Trinajstić information content (AvgIpc) is 2.71. The number of non-ortho nitro benzene ring substituents is 1. The molecule has 2 rings (SSSR count). The van der Waals surface area contributed by atoms with Crippen molar-refractivity contribution in [3.8, 4) is 0 Å². The molecule has 0 aliphatic rings. The molecule has 84 valence electrons. The van der Waals surface area contributed by atoms with Gasteiger partial charge in [-0.2, -0.15) is 0 Å². The maximum atomic E-state index is 10.8. The largest absolute Gasteiger partial charge is 0.388 e. The number of H-pyrrole nitrogens is 1. The maximum Gasteiger partial charge on any atom is 0.293 e. The predicted molar refractivity (Wildman–Crippen MR) is 60.2 cm³/mol. The zero-order chi connectivity index (χ0) is 11.7. The van der Waals surface area contributed by atoms with Gasteiger partial charge in [-0.1, -0.05) is 19.1 Å². The van der Waals surface area contributed by atoms with Gasteiger partial charge in [-0.05, 0) is 6.42 Å². The summed E-state index contributed by atoms with van der Waals surface area (Å²) in [6.07, 6.45) is 1.62. The fourth-order valence-corrected chi connectivity index (χ4v) is 1.81. The van der Waals surface area contributed by atoms with Gasteiger partial charge in [-0.25, -0.2) is 0 Å². The molecular formula is C11H12N2O3. The molecule has 1 aromatic heterocycles. The molecule has 1 atom stereocenters. The minimum absolute atomic E-state index is 0.0343. The minimum atomic E-state index is -0.587. The molecule has 2 aromatic rings. The normalized spacial score (nSPS) is 12.9. The topological polar surface area (TPSA) is 79.2 Å². The number of nitro benzene ring substituents is 1. The summed E-state index contributed by atoms with van der Waals surface area (Å²) in [6, 6.07) is 4.84. The SMILES string of the molecule is CC[C@H](O)c1c[nH]c2c([N+](=O)[O-])cccc12. The van der Waals surface area contributed by atoms with Crippen molar-refractivity contribution < 1.29 is 10.0 Å². The van der Waals surface area contributed by atoms with Gasteiger partial charge in [-0.15, -0.1) is 0 Å². The molecule has 16 heavy (non-hydrogen) atoms. The molecule has 0 saturated carbocycles. The van der Waals surface area contributed by atoms with Gasteiger partial charge in [0, 0.05) is 23.2 Å². The molecule has 0 saturated heterocycles. The van der Waals surface area contributed by atoms with Crippen molar-refractivity contribution >= 4 is 16.6 Å². The number of para-hydroxylation sites is 1. The molecule has 0 unspecified atom stereocenters. The fourth-order valence-electron chi connectivity index (χ4n) is 1.81. The average molecular weight is 220 g/mol. The molecule has 0 amide bonds. The molecule has 0 aliphatic carbocycles. The predicted octanol–water partition coefficient (Wildman–Crippen LogP) is 2.52. The highest BCUT2D eigenvalue weighted by Gasteiger charge is 2.17. The Hall–Kier alpha value is -1.88. The summed E-state index contributed by atoms with van der Waals surface area (Å²) in [5.41, 5.74) is 1.21. The highest BCUT2D eigenvalue weighted by atomic mass is 16.6. The van der Waals surface area contributed by atoms with Crippen LogP contribution in [0.4, 0.5) is 5.69 Å². The van der Waals surface area contributed by atoms with E-state index in [1.807, 2.05) is 6.92 Å². The van der Waals surface area contributed by atoms with E-state index in [9.17, 15) is 15.2 Å². The summed E-state index contributed by atoms with van der Waals surface area (Å²) in [4.78, 5) is 13.2. The van der Waals surface area contributed by atoms with E-state index in [4.69, 9.17) is 0 Å². The first kappa shape index (κ1) is 10.6. The van der Waals surface area contributed by atoms with Crippen LogP contribution in [0.1, 0.15) is 25.0 Å². The number of nitro groups is 1. The molecule has 0 aliphatic heterocycles. The summed E-state index contributed by atoms with van der Waals surface area (Å²) >= 11 is 0. The molecule has 5 heteroatoms. The summed E-state index contributed by atoms with van der Waals surface area (Å²) < 4.78 is 0. The lowest BCUT2D eigenvalue weighted by molar-refractivity contribution is -0.383. The lowest BCUT2D eigenvalue weighted by Crippen LogP contribution is -1.93. The van der Waals surface area contributed by atoms with Crippen molar-refractivity contribution in [1.82, 2.24) is 4.98 Å². The van der Waals surface area contributed by atoms with E-state index in [2.05, 4.69) is 4.98 Å². The van der Waals surface area contributed by atoms with E-state index in [-0.39, 0.29) is 5.69 Å². The number of nitrogens with one attached hydrogen (secondary N) is 1. The standard InChI is InChI=1S/C11H12N2O3/c1-2-10(14)8-6-12-11-7(8)4-3-5-9(11)13(15)16/h3-6,10,12,14H,2H2,1H3/t10-/m0/s1. The maximum absolute atomic E-state index is 10.8. The van der Waals surface area contributed by atoms with E-state index in [0.29, 0.717) is 22.9 Å². The Balaban J connectivity index is 2.66. The van der Waals surface area contributed by atoms with E-state index >= 15 is 0 Å². The van der Waals surface area contributed by atoms with Gasteiger partial charge < -0.3 is 10.1 Å². The first-order valence-corrected chi connectivity index (χ1v) is 5.07. The van der Waals surface area contributed by atoms with Gasteiger partial charge in [0.15, 0.2) is 0 Å². The van der Waals surface area contributed by atoms with Crippen molar-refractivity contribution in [3.05, 3.63) is 40.1 Å². The quantitative estimate of drug-likeness (QED) is 0.616. The third-order valence-corrected chi connectivity index (χ3v) is 2.67. The number of aliphatic hydroxyl groups is 1. The van der Waals surface area contributed by atoms with Crippen LogP contribution in [-0.2, 0) is 0 Å². The van der Waals surface area contributed by atoms with Crippen LogP contribution in [0.5, 0.6) is 0 Å². The van der Waals surface area contributed by atoms with Gasteiger partial charge >= 0.3 is 0 Å². The highest BCUT2D eigenvalue weighted by Crippen LogP contribution is 2.31. The van der Waals surface area contributed by atoms with Gasteiger partial charge in [0.05, 0.1) is 11.0 Å². The molecule has 0 spiro atoms. The van der Waals surface area contributed by atoms with Crippen molar-refractivity contribution in [2.24, 2.45) is 0 Å². The monoisotopic (exact) mass is 220 g/mol. The minimum Gasteiger partial charge on any atom is -0.388 e. The highest BCUT2D eigenvalue weighted by molar-refractivity contribution is 5.90. The van der Waals surface area contributed by atoms with Crippen LogP contribution in [-0.4, -0.2) is 15.0 Å². The molecule has 0 radical (unpaired) electrons. The molecule has 1 aromatic carbocycles. The fraction of sp³-hybridized carbons (Fsp3) is 0.273. The Morgan fingerprint density at radius 2 is 2.31 bits per heavy atom. The van der Waals surface area contributed by atoms with E-state index in [0.717, 1.165) is 0 Å². The van der Waals surface area contributed by atoms with Gasteiger partial charge in [0.2, 0.25) is 0 Å². The second-order valence-electron chi connectivity index (χ2n) is 3.62. The first-order chi connectivity index (χ1) is 7.65. The number of aliphatic hydroxyl groups excluding tert-OH is 1. The van der Waals surface area contributed by atoms with Crippen molar-refractivity contribution in [1.29, 1.82) is 0 Å². The van der Waals surface area contributed by atoms with Crippen LogP contribution in [0.2, 0.25) is 0 Å². The second-order valence-corrected chi connectivity index (χ2v) is 3.62. The van der Waals surface area contributed by atoms with Crippen molar-refractivity contribution in [2.45, 2.75) is 19.4 Å². The Kier molecular flexibility index (Phi) is 2.62. The lowest BCUT2D eigenvalue weighted by Gasteiger charge is -2.05. The summed E-state index contributed by atoms with van der Waals surface area (Å²) in [5.74, 6) is 0. The van der Waals surface area contributed by atoms with Crippen molar-refractivity contribution in [3.63, 3.8) is 0 Å². The van der Waals surface area contributed by atoms with E-state index in [1.54, 1.807) is 18.3 Å². The van der Waals surface area contributed by atoms with E-state index in [1.165, 1.54) is 6.07 Å². The molecule has 5 nitrogen and oxygen atoms in total. The third kappa shape index (κ3) is 1.55. The molecule has 2 N–H and O–H groups in total. The second kappa shape index (κ2) is 3.94. The molecular weight excluding hydrogens is 208 g/mol. The van der Waals surface area contributed by atoms with Crippen LogP contribution in [0.3, 0.4) is 0 Å². The lowest BCUT2D eigenvalue weighted by atomic mass is 10.1. The van der Waals surface area contributed by atoms with Crippen LogP contribution >= 0.6 is 0 Å². The Morgan fingerprint density at radius 3 is 2.94 bits per heavy atom. The van der Waals surface area contributed by atoms with Gasteiger partial charge in [0.1, 0.15) is 5.52 Å². The number of hydrogen-bond acceptors (Lipinski definition) is 3. The summed E-state index contributed by atoms with van der Waals surface area (Å²) in [7, 11) is 0. The van der Waals surface area contributed by atoms with E-state index < -0.39 is 11.0 Å². The Labute approximate surface area is 91.9 Å². The summed E-state index contributed by atoms with van der Waals surface area (Å²) in [6.45, 7) is 1.86. The first-order valence-electron chi connectivity index (χ1n) is 5.07. The Bertz CT molecular complexity index is 533. The number of aromatic amines is 1. The number of fused-ring (bicyclic) bond motifs is 1. The zero-order valence-electron chi connectivity index (χ0n) is 8.80. The number of aromatic nitrogens is 1. The van der Waals surface area contributed by atoms with Gasteiger partial charge in [-0.3, -0.25) is 10.1 Å². The molecule has 1 heterocycles. The molecule has 0 bridgehead atoms. The van der Waals surface area contributed by atoms with Gasteiger partial charge in [0.25, 0.3) is 5.69 Å². The van der Waals surface area contributed by atoms with Crippen LogP contribution in [0, 0.1) is 10.1 Å². The third-order valence-electron chi connectivity index (χ3n) is 2.67. The Morgan fingerprint density at radius 1 is 1.56 bits per heavy atom. The van der Waals surface area contributed by atoms with Crippen LogP contribution in [0.25, 0.3) is 10.9 Å². The molecule has 0 fully saturated rings. The zero-order valence-corrected chi connectivity index (χ0v) is 8.80. The van der Waals surface area contributed by atoms with Crippen LogP contribution in [0.15, 0.2) is 24.4 Å². The van der Waals surface area contributed by atoms with Crippen LogP contribution < -0.4 is 0 Å². The number of benzene rings is 1. The number of rotatable bonds is 3. The van der Waals surface area contributed by atoms with Crippen molar-refractivity contribution in [2.75, 3.05) is 0 Å².